The van der Waals surface area contributed by atoms with Gasteiger partial charge in [0.25, 0.3) is 0 Å². The second kappa shape index (κ2) is 3.33. The molecule has 1 aromatic rings. The molecule has 1 aromatic heterocycles. The Labute approximate surface area is 77.3 Å². The monoisotopic (exact) mass is 209 g/mol. The third-order valence-electron chi connectivity index (χ3n) is 1.26. The molecule has 0 radical (unpaired) electrons. The molecule has 72 valence electrons. The molecule has 0 saturated heterocycles. The van der Waals surface area contributed by atoms with Gasteiger partial charge in [0.05, 0.1) is 6.20 Å². The minimum atomic E-state index is -4.28. The standard InChI is InChI=1S/C6H6F3N3S/c7-6(8,9)3-12-2-4(1-11-12)5(10)13/h1-2H,3H2,(H2,10,13). The SMILES string of the molecule is NC(=S)c1cnn(CC(F)(F)F)c1. The second-order valence-corrected chi connectivity index (χ2v) is 2.85. The molecule has 0 unspecified atom stereocenters. The van der Waals surface area contributed by atoms with Crippen molar-refractivity contribution < 1.29 is 13.2 Å². The van der Waals surface area contributed by atoms with E-state index in [1.54, 1.807) is 0 Å². The molecule has 13 heavy (non-hydrogen) atoms. The lowest BCUT2D eigenvalue weighted by Crippen LogP contribution is -2.18. The number of aromatic nitrogens is 2. The van der Waals surface area contributed by atoms with E-state index in [1.807, 2.05) is 0 Å². The molecule has 0 bridgehead atoms. The van der Waals surface area contributed by atoms with Crippen LogP contribution in [0.3, 0.4) is 0 Å². The lowest BCUT2D eigenvalue weighted by Gasteiger charge is -2.04. The van der Waals surface area contributed by atoms with Gasteiger partial charge in [-0.3, -0.25) is 4.68 Å². The van der Waals surface area contributed by atoms with Crippen LogP contribution < -0.4 is 5.73 Å². The Morgan fingerprint density at radius 2 is 2.23 bits per heavy atom. The molecule has 0 atom stereocenters. The number of hydrogen-bond acceptors (Lipinski definition) is 2. The normalized spacial score (nSPS) is 11.6. The minimum absolute atomic E-state index is 0.0356. The van der Waals surface area contributed by atoms with Crippen LogP contribution in [0.2, 0.25) is 0 Å². The van der Waals surface area contributed by atoms with Crippen LogP contribution in [0.5, 0.6) is 0 Å². The number of nitrogens with two attached hydrogens (primary N) is 1. The predicted octanol–water partition coefficient (Wildman–Crippen LogP) is 1.08. The lowest BCUT2D eigenvalue weighted by atomic mass is 10.4. The van der Waals surface area contributed by atoms with Crippen LogP contribution in [-0.4, -0.2) is 20.9 Å². The molecule has 3 nitrogen and oxygen atoms in total. The number of hydrogen-bond donors (Lipinski definition) is 1. The molecule has 0 fully saturated rings. The second-order valence-electron chi connectivity index (χ2n) is 2.41. The smallest absolute Gasteiger partial charge is 0.389 e. The first kappa shape index (κ1) is 9.97. The largest absolute Gasteiger partial charge is 0.408 e. The van der Waals surface area contributed by atoms with E-state index in [-0.39, 0.29) is 4.99 Å². The van der Waals surface area contributed by atoms with Crippen molar-refractivity contribution >= 4 is 17.2 Å². The van der Waals surface area contributed by atoms with E-state index < -0.39 is 12.7 Å². The lowest BCUT2D eigenvalue weighted by molar-refractivity contribution is -0.142. The topological polar surface area (TPSA) is 43.8 Å². The highest BCUT2D eigenvalue weighted by molar-refractivity contribution is 7.80. The molecule has 0 spiro atoms. The third-order valence-corrected chi connectivity index (χ3v) is 1.49. The van der Waals surface area contributed by atoms with Crippen LogP contribution in [0.25, 0.3) is 0 Å². The van der Waals surface area contributed by atoms with E-state index in [0.29, 0.717) is 5.56 Å². The summed E-state index contributed by atoms with van der Waals surface area (Å²) in [6, 6.07) is 0. The molecule has 0 aliphatic rings. The maximum atomic E-state index is 11.8. The van der Waals surface area contributed by atoms with Gasteiger partial charge in [-0.1, -0.05) is 12.2 Å². The number of halogens is 3. The molecule has 0 aliphatic carbocycles. The summed E-state index contributed by atoms with van der Waals surface area (Å²) in [5.74, 6) is 0. The molecule has 0 saturated carbocycles. The van der Waals surface area contributed by atoms with Crippen molar-refractivity contribution in [1.29, 1.82) is 0 Å². The van der Waals surface area contributed by atoms with E-state index >= 15 is 0 Å². The summed E-state index contributed by atoms with van der Waals surface area (Å²) in [5, 5.41) is 3.45. The molecule has 7 heteroatoms. The third kappa shape index (κ3) is 3.02. The number of alkyl halides is 3. The molecule has 1 rings (SSSR count). The fourth-order valence-electron chi connectivity index (χ4n) is 0.761. The highest BCUT2D eigenvalue weighted by Gasteiger charge is 2.28. The molecular weight excluding hydrogens is 203 g/mol. The highest BCUT2D eigenvalue weighted by Crippen LogP contribution is 2.16. The Morgan fingerprint density at radius 3 is 2.62 bits per heavy atom. The maximum Gasteiger partial charge on any atom is 0.408 e. The van der Waals surface area contributed by atoms with E-state index in [0.717, 1.165) is 10.9 Å². The average molecular weight is 209 g/mol. The van der Waals surface area contributed by atoms with Gasteiger partial charge in [-0.05, 0) is 0 Å². The first-order chi connectivity index (χ1) is 5.88. The molecule has 0 amide bonds. The van der Waals surface area contributed by atoms with E-state index in [4.69, 9.17) is 5.73 Å². The summed E-state index contributed by atoms with van der Waals surface area (Å²) in [6.45, 7) is -1.13. The summed E-state index contributed by atoms with van der Waals surface area (Å²) in [4.78, 5) is 0.0356. The zero-order valence-electron chi connectivity index (χ0n) is 6.38. The Morgan fingerprint density at radius 1 is 1.62 bits per heavy atom. The van der Waals surface area contributed by atoms with Gasteiger partial charge in [0.2, 0.25) is 0 Å². The fourth-order valence-corrected chi connectivity index (χ4v) is 0.866. The van der Waals surface area contributed by atoms with Gasteiger partial charge in [0.1, 0.15) is 11.5 Å². The zero-order chi connectivity index (χ0) is 10.1. The van der Waals surface area contributed by atoms with Crippen molar-refractivity contribution in [2.45, 2.75) is 12.7 Å². The molecule has 0 aromatic carbocycles. The average Bonchev–Trinajstić information content (AvgIpc) is 2.31. The summed E-state index contributed by atoms with van der Waals surface area (Å²) < 4.78 is 36.2. The van der Waals surface area contributed by atoms with E-state index in [2.05, 4.69) is 17.3 Å². The molecule has 1 heterocycles. The first-order valence-corrected chi connectivity index (χ1v) is 3.68. The quantitative estimate of drug-likeness (QED) is 0.741. The van der Waals surface area contributed by atoms with Gasteiger partial charge < -0.3 is 5.73 Å². The van der Waals surface area contributed by atoms with Gasteiger partial charge in [0, 0.05) is 11.8 Å². The van der Waals surface area contributed by atoms with Crippen LogP contribution >= 0.6 is 12.2 Å². The fraction of sp³-hybridized carbons (Fsp3) is 0.333. The van der Waals surface area contributed by atoms with Crippen molar-refractivity contribution in [3.05, 3.63) is 18.0 Å². The van der Waals surface area contributed by atoms with Crippen LogP contribution in [0.1, 0.15) is 5.56 Å². The number of nitrogens with zero attached hydrogens (tertiary/aromatic N) is 2. The van der Waals surface area contributed by atoms with Crippen LogP contribution in [0.4, 0.5) is 13.2 Å². The Bertz CT molecular complexity index is 317. The van der Waals surface area contributed by atoms with Gasteiger partial charge in [-0.25, -0.2) is 0 Å². The van der Waals surface area contributed by atoms with Crippen molar-refractivity contribution in [3.63, 3.8) is 0 Å². The summed E-state index contributed by atoms with van der Waals surface area (Å²) in [7, 11) is 0. The summed E-state index contributed by atoms with van der Waals surface area (Å²) in [5.41, 5.74) is 5.52. The predicted molar refractivity (Wildman–Crippen MR) is 44.2 cm³/mol. The Balaban J connectivity index is 2.75. The zero-order valence-corrected chi connectivity index (χ0v) is 7.19. The van der Waals surface area contributed by atoms with Crippen LogP contribution in [-0.2, 0) is 6.54 Å². The Hall–Kier alpha value is -1.11. The van der Waals surface area contributed by atoms with Crippen LogP contribution in [0, 0.1) is 0 Å². The minimum Gasteiger partial charge on any atom is -0.389 e. The van der Waals surface area contributed by atoms with Gasteiger partial charge >= 0.3 is 6.18 Å². The number of rotatable bonds is 2. The molecule has 0 aliphatic heterocycles. The van der Waals surface area contributed by atoms with Crippen LogP contribution in [0.15, 0.2) is 12.4 Å². The maximum absolute atomic E-state index is 11.8. The van der Waals surface area contributed by atoms with Crippen molar-refractivity contribution in [1.82, 2.24) is 9.78 Å². The number of thiocarbonyl (C=S) groups is 1. The molecule has 2 N–H and O–H groups in total. The van der Waals surface area contributed by atoms with Crippen molar-refractivity contribution in [2.24, 2.45) is 5.73 Å². The Kier molecular flexibility index (Phi) is 2.55. The van der Waals surface area contributed by atoms with Crippen molar-refractivity contribution in [3.8, 4) is 0 Å². The summed E-state index contributed by atoms with van der Waals surface area (Å²) >= 11 is 4.56. The highest BCUT2D eigenvalue weighted by atomic mass is 32.1. The van der Waals surface area contributed by atoms with Gasteiger partial charge in [0.15, 0.2) is 0 Å². The van der Waals surface area contributed by atoms with E-state index in [9.17, 15) is 13.2 Å². The summed E-state index contributed by atoms with van der Waals surface area (Å²) in [6.07, 6.45) is -1.91. The van der Waals surface area contributed by atoms with Crippen molar-refractivity contribution in [2.75, 3.05) is 0 Å². The molecular formula is C6H6F3N3S. The van der Waals surface area contributed by atoms with Gasteiger partial charge in [-0.2, -0.15) is 18.3 Å². The van der Waals surface area contributed by atoms with E-state index in [1.165, 1.54) is 6.20 Å². The first-order valence-electron chi connectivity index (χ1n) is 3.27. The van der Waals surface area contributed by atoms with Gasteiger partial charge in [-0.15, -0.1) is 0 Å².